The number of aliphatic hydroxyl groups is 1. The first-order valence-electron chi connectivity index (χ1n) is 5.97. The van der Waals surface area contributed by atoms with E-state index in [2.05, 4.69) is 25.3 Å². The first-order chi connectivity index (χ1) is 10.5. The molecule has 1 rings (SSSR count). The van der Waals surface area contributed by atoms with E-state index in [0.717, 1.165) is 11.3 Å². The maximum absolute atomic E-state index is 12.3. The van der Waals surface area contributed by atoms with E-state index >= 15 is 0 Å². The lowest BCUT2D eigenvalue weighted by Crippen LogP contribution is -2.46. The summed E-state index contributed by atoms with van der Waals surface area (Å²) >= 11 is 8.55. The van der Waals surface area contributed by atoms with Gasteiger partial charge in [-0.1, -0.05) is 6.07 Å². The number of thiophene rings is 1. The molecule has 0 spiro atoms. The highest BCUT2D eigenvalue weighted by Gasteiger charge is 2.51. The quantitative estimate of drug-likeness (QED) is 0.348. The summed E-state index contributed by atoms with van der Waals surface area (Å²) in [7, 11) is 0. The Morgan fingerprint density at radius 2 is 1.77 bits per heavy atom. The summed E-state index contributed by atoms with van der Waals surface area (Å²) in [5.74, 6) is -5.94. The third-order valence-electron chi connectivity index (χ3n) is 2.21. The number of hydrogen-bond acceptors (Lipinski definition) is 10. The number of hydrogen-bond donors (Lipinski definition) is 3. The molecule has 1 aromatic rings. The van der Waals surface area contributed by atoms with E-state index in [1.165, 1.54) is 6.07 Å². The first kappa shape index (κ1) is 18.8. The van der Waals surface area contributed by atoms with Crippen LogP contribution in [0, 0.1) is 0 Å². The molecule has 0 atom stereocenters. The van der Waals surface area contributed by atoms with E-state index in [-0.39, 0.29) is 23.0 Å². The van der Waals surface area contributed by atoms with Crippen LogP contribution in [0.4, 0.5) is 0 Å². The van der Waals surface area contributed by atoms with Gasteiger partial charge in [0.2, 0.25) is 0 Å². The molecule has 0 saturated heterocycles. The smallest absolute Gasteiger partial charge is 0.399 e. The highest BCUT2D eigenvalue weighted by atomic mass is 32.1. The number of rotatable bonds is 8. The van der Waals surface area contributed by atoms with Crippen LogP contribution in [-0.2, 0) is 34.4 Å². The monoisotopic (exact) mass is 366 g/mol. The Hall–Kier alpha value is -1.23. The number of aliphatic hydroxyl groups excluding tert-OH is 1. The molecule has 0 saturated carbocycles. The molecule has 122 valence electrons. The van der Waals surface area contributed by atoms with Crippen molar-refractivity contribution in [1.29, 1.82) is 0 Å². The zero-order chi connectivity index (χ0) is 16.6. The third kappa shape index (κ3) is 4.63. The van der Waals surface area contributed by atoms with Gasteiger partial charge in [-0.05, 0) is 11.4 Å². The fraction of sp³-hybridized carbons (Fsp3) is 0.417. The van der Waals surface area contributed by atoms with Crippen LogP contribution in [-0.4, -0.2) is 47.7 Å². The minimum Gasteiger partial charge on any atom is -0.457 e. The van der Waals surface area contributed by atoms with Crippen molar-refractivity contribution in [2.75, 3.05) is 24.7 Å². The Balaban J connectivity index is 3.25. The van der Waals surface area contributed by atoms with Gasteiger partial charge >= 0.3 is 23.7 Å². The second kappa shape index (κ2) is 9.03. The second-order valence-corrected chi connectivity index (χ2v) is 5.30. The van der Waals surface area contributed by atoms with Gasteiger partial charge in [-0.2, -0.15) is 25.3 Å². The summed E-state index contributed by atoms with van der Waals surface area (Å²) < 4.78 is 14.8. The Morgan fingerprint density at radius 1 is 1.18 bits per heavy atom. The molecular formula is C12H14O7S3. The van der Waals surface area contributed by atoms with Crippen LogP contribution in [0.3, 0.4) is 0 Å². The van der Waals surface area contributed by atoms with Gasteiger partial charge in [0.15, 0.2) is 0 Å². The van der Waals surface area contributed by atoms with E-state index in [9.17, 15) is 14.4 Å². The van der Waals surface area contributed by atoms with Gasteiger partial charge in [0.05, 0.1) is 18.1 Å². The van der Waals surface area contributed by atoms with Gasteiger partial charge in [-0.15, -0.1) is 11.3 Å². The lowest BCUT2D eigenvalue weighted by Gasteiger charge is -2.29. The van der Waals surface area contributed by atoms with Gasteiger partial charge in [-0.3, -0.25) is 9.59 Å². The average molecular weight is 366 g/mol. The third-order valence-corrected chi connectivity index (χ3v) is 3.68. The molecule has 0 aromatic carbocycles. The zero-order valence-corrected chi connectivity index (χ0v) is 13.9. The topological polar surface area (TPSA) is 99.1 Å². The molecular weight excluding hydrogens is 352 g/mol. The predicted octanol–water partition coefficient (Wildman–Crippen LogP) is 0.382. The van der Waals surface area contributed by atoms with Crippen LogP contribution in [0.2, 0.25) is 0 Å². The van der Waals surface area contributed by atoms with Crippen LogP contribution in [0.1, 0.15) is 4.88 Å². The van der Waals surface area contributed by atoms with Gasteiger partial charge in [-0.25, -0.2) is 4.79 Å². The van der Waals surface area contributed by atoms with Crippen LogP contribution >= 0.6 is 36.6 Å². The largest absolute Gasteiger partial charge is 0.457 e. The maximum atomic E-state index is 12.3. The van der Waals surface area contributed by atoms with Crippen molar-refractivity contribution in [3.05, 3.63) is 22.4 Å². The Labute approximate surface area is 141 Å². The summed E-state index contributed by atoms with van der Waals surface area (Å²) in [6, 6.07) is 3.03. The van der Waals surface area contributed by atoms with Crippen molar-refractivity contribution in [3.63, 3.8) is 0 Å². The highest BCUT2D eigenvalue weighted by molar-refractivity contribution is 7.81. The normalized spacial score (nSPS) is 10.9. The zero-order valence-electron chi connectivity index (χ0n) is 11.3. The number of carbonyl (C=O) groups is 3. The number of thiol groups is 2. The maximum Gasteiger partial charge on any atom is 0.399 e. The molecule has 7 nitrogen and oxygen atoms in total. The van der Waals surface area contributed by atoms with Crippen molar-refractivity contribution in [1.82, 2.24) is 0 Å². The SMILES string of the molecule is O=C(CS)OC(OC(=O)CS)(C(=O)OCCO)c1cccs1. The van der Waals surface area contributed by atoms with Crippen molar-refractivity contribution in [2.24, 2.45) is 0 Å². The molecule has 0 aliphatic rings. The summed E-state index contributed by atoms with van der Waals surface area (Å²) in [4.78, 5) is 35.7. The first-order valence-corrected chi connectivity index (χ1v) is 8.12. The molecule has 1 heterocycles. The van der Waals surface area contributed by atoms with Crippen LogP contribution in [0.15, 0.2) is 17.5 Å². The molecule has 10 heteroatoms. The minimum absolute atomic E-state index is 0.140. The number of carbonyl (C=O) groups excluding carboxylic acids is 3. The molecule has 0 unspecified atom stereocenters. The summed E-state index contributed by atoms with van der Waals surface area (Å²) in [5.41, 5.74) is 0. The van der Waals surface area contributed by atoms with Crippen molar-refractivity contribution in [3.8, 4) is 0 Å². The van der Waals surface area contributed by atoms with Crippen molar-refractivity contribution in [2.45, 2.75) is 5.79 Å². The van der Waals surface area contributed by atoms with Crippen LogP contribution < -0.4 is 0 Å². The lowest BCUT2D eigenvalue weighted by molar-refractivity contribution is -0.241. The van der Waals surface area contributed by atoms with E-state index in [1.54, 1.807) is 11.4 Å². The van der Waals surface area contributed by atoms with Gasteiger partial charge in [0.1, 0.15) is 11.5 Å². The average Bonchev–Trinajstić information content (AvgIpc) is 3.06. The molecule has 0 aliphatic heterocycles. The van der Waals surface area contributed by atoms with E-state index in [0.29, 0.717) is 0 Å². The Bertz CT molecular complexity index is 497. The molecule has 1 N–H and O–H groups in total. The Kier molecular flexibility index (Phi) is 7.73. The van der Waals surface area contributed by atoms with Gasteiger partial charge in [0, 0.05) is 0 Å². The van der Waals surface area contributed by atoms with E-state index in [1.807, 2.05) is 0 Å². The molecule has 0 aliphatic carbocycles. The predicted molar refractivity (Wildman–Crippen MR) is 83.9 cm³/mol. The molecule has 0 amide bonds. The van der Waals surface area contributed by atoms with Crippen LogP contribution in [0.25, 0.3) is 0 Å². The minimum atomic E-state index is -2.37. The second-order valence-electron chi connectivity index (χ2n) is 3.72. The Morgan fingerprint density at radius 3 is 2.18 bits per heavy atom. The molecule has 0 fully saturated rings. The van der Waals surface area contributed by atoms with Crippen molar-refractivity contribution >= 4 is 54.5 Å². The highest BCUT2D eigenvalue weighted by Crippen LogP contribution is 2.33. The lowest BCUT2D eigenvalue weighted by atomic mass is 10.2. The van der Waals surface area contributed by atoms with E-state index in [4.69, 9.17) is 19.3 Å². The summed E-state index contributed by atoms with van der Waals surface area (Å²) in [6.45, 7) is -0.782. The standard InChI is InChI=1S/C12H14O7S3/c13-3-4-17-11(16)12(18-9(14)6-20,19-10(15)7-21)8-2-1-5-22-8/h1-2,5,13,20-21H,3-4,6-7H2. The van der Waals surface area contributed by atoms with Gasteiger partial charge in [0.25, 0.3) is 0 Å². The fourth-order valence-corrected chi connectivity index (χ4v) is 2.30. The molecule has 0 bridgehead atoms. The van der Waals surface area contributed by atoms with Crippen molar-refractivity contribution < 1.29 is 33.7 Å². The fourth-order valence-electron chi connectivity index (χ4n) is 1.39. The van der Waals surface area contributed by atoms with Crippen LogP contribution in [0.5, 0.6) is 0 Å². The number of esters is 3. The number of ether oxygens (including phenoxy) is 3. The van der Waals surface area contributed by atoms with E-state index < -0.39 is 30.3 Å². The molecule has 0 radical (unpaired) electrons. The van der Waals surface area contributed by atoms with Gasteiger partial charge < -0.3 is 19.3 Å². The molecule has 1 aromatic heterocycles. The molecule has 22 heavy (non-hydrogen) atoms. The summed E-state index contributed by atoms with van der Waals surface area (Å²) in [6.07, 6.45) is 0. The summed E-state index contributed by atoms with van der Waals surface area (Å²) in [5, 5.41) is 10.4.